The van der Waals surface area contributed by atoms with Crippen molar-refractivity contribution in [2.45, 2.75) is 71.0 Å². The maximum Gasteiger partial charge on any atom is 0.123 e. The Balaban J connectivity index is 1.47. The third-order valence-electron chi connectivity index (χ3n) is 9.15. The number of fused-ring (bicyclic) bond motifs is 5. The SMILES string of the molecule is CC12CCC(O)CC1=CCC1C2CCC2(C)C(O)C(=Cc3cccc(F)c3)CC12. The Hall–Kier alpha value is -1.45. The van der Waals surface area contributed by atoms with Crippen molar-refractivity contribution in [2.75, 3.05) is 0 Å². The number of hydrogen-bond acceptors (Lipinski definition) is 2. The van der Waals surface area contributed by atoms with Crippen LogP contribution in [-0.2, 0) is 0 Å². The van der Waals surface area contributed by atoms with Crippen LogP contribution in [0.15, 0.2) is 41.5 Å². The van der Waals surface area contributed by atoms with Crippen molar-refractivity contribution in [3.63, 3.8) is 0 Å². The van der Waals surface area contributed by atoms with Crippen LogP contribution in [-0.4, -0.2) is 22.4 Å². The highest BCUT2D eigenvalue weighted by Gasteiger charge is 2.59. The van der Waals surface area contributed by atoms with Gasteiger partial charge in [-0.1, -0.05) is 43.7 Å². The van der Waals surface area contributed by atoms with Gasteiger partial charge in [-0.25, -0.2) is 4.39 Å². The molecule has 156 valence electrons. The topological polar surface area (TPSA) is 40.5 Å². The van der Waals surface area contributed by atoms with Crippen molar-refractivity contribution < 1.29 is 14.6 Å². The zero-order chi connectivity index (χ0) is 20.4. The summed E-state index contributed by atoms with van der Waals surface area (Å²) in [6, 6.07) is 6.67. The van der Waals surface area contributed by atoms with Crippen LogP contribution in [0.5, 0.6) is 0 Å². The van der Waals surface area contributed by atoms with Gasteiger partial charge in [0.15, 0.2) is 0 Å². The fraction of sp³-hybridized carbons (Fsp3) is 0.615. The van der Waals surface area contributed by atoms with Gasteiger partial charge in [-0.15, -0.1) is 0 Å². The molecule has 29 heavy (non-hydrogen) atoms. The summed E-state index contributed by atoms with van der Waals surface area (Å²) < 4.78 is 13.6. The fourth-order valence-electron chi connectivity index (χ4n) is 7.45. The standard InChI is InChI=1S/C26H33FO2/c1-25-10-8-20(28)15-18(25)6-7-21-22(25)9-11-26(2)23(21)14-17(24(26)29)12-16-4-3-5-19(27)13-16/h3-6,12-13,20-24,28-29H,7-11,14-15H2,1-2H3. The van der Waals surface area contributed by atoms with Crippen LogP contribution >= 0.6 is 0 Å². The van der Waals surface area contributed by atoms with E-state index in [1.807, 2.05) is 12.1 Å². The Kier molecular flexibility index (Phi) is 4.56. The summed E-state index contributed by atoms with van der Waals surface area (Å²) in [5, 5.41) is 21.5. The van der Waals surface area contributed by atoms with Crippen LogP contribution in [0.4, 0.5) is 4.39 Å². The molecule has 3 saturated carbocycles. The molecule has 4 aliphatic carbocycles. The molecule has 5 rings (SSSR count). The first-order valence-corrected chi connectivity index (χ1v) is 11.3. The van der Waals surface area contributed by atoms with Crippen molar-refractivity contribution in [1.29, 1.82) is 0 Å². The molecule has 7 unspecified atom stereocenters. The molecule has 0 amide bonds. The fourth-order valence-corrected chi connectivity index (χ4v) is 7.45. The summed E-state index contributed by atoms with van der Waals surface area (Å²) in [6.45, 7) is 4.70. The molecule has 0 spiro atoms. The molecule has 0 bridgehead atoms. The number of hydrogen-bond donors (Lipinski definition) is 2. The minimum atomic E-state index is -0.442. The van der Waals surface area contributed by atoms with E-state index >= 15 is 0 Å². The van der Waals surface area contributed by atoms with E-state index in [0.29, 0.717) is 17.8 Å². The molecule has 7 atom stereocenters. The van der Waals surface area contributed by atoms with E-state index in [9.17, 15) is 14.6 Å². The van der Waals surface area contributed by atoms with E-state index in [0.717, 1.165) is 56.1 Å². The number of aliphatic hydroxyl groups is 2. The van der Waals surface area contributed by atoms with Crippen LogP contribution in [0.2, 0.25) is 0 Å². The van der Waals surface area contributed by atoms with Gasteiger partial charge in [0.25, 0.3) is 0 Å². The van der Waals surface area contributed by atoms with Gasteiger partial charge in [-0.2, -0.15) is 0 Å². The number of aliphatic hydroxyl groups excluding tert-OH is 2. The van der Waals surface area contributed by atoms with E-state index in [4.69, 9.17) is 0 Å². The summed E-state index contributed by atoms with van der Waals surface area (Å²) in [7, 11) is 0. The van der Waals surface area contributed by atoms with Crippen molar-refractivity contribution in [3.8, 4) is 0 Å². The quantitative estimate of drug-likeness (QED) is 0.615. The molecular weight excluding hydrogens is 363 g/mol. The molecular formula is C26H33FO2. The minimum absolute atomic E-state index is 0.0871. The molecule has 2 N–H and O–H groups in total. The van der Waals surface area contributed by atoms with Gasteiger partial charge < -0.3 is 10.2 Å². The second kappa shape index (κ2) is 6.78. The van der Waals surface area contributed by atoms with Gasteiger partial charge >= 0.3 is 0 Å². The Labute approximate surface area is 173 Å². The Bertz CT molecular complexity index is 873. The summed E-state index contributed by atoms with van der Waals surface area (Å²) in [5.41, 5.74) is 3.52. The monoisotopic (exact) mass is 396 g/mol. The van der Waals surface area contributed by atoms with E-state index in [2.05, 4.69) is 19.9 Å². The molecule has 3 heteroatoms. The number of allylic oxidation sites excluding steroid dienone is 1. The predicted octanol–water partition coefficient (Wildman–Crippen LogP) is 5.50. The largest absolute Gasteiger partial charge is 0.393 e. The second-order valence-corrected chi connectivity index (χ2v) is 10.6. The van der Waals surface area contributed by atoms with Crippen LogP contribution in [0, 0.1) is 34.4 Å². The molecule has 0 radical (unpaired) electrons. The van der Waals surface area contributed by atoms with E-state index in [1.165, 1.54) is 11.6 Å². The van der Waals surface area contributed by atoms with Crippen LogP contribution in [0.25, 0.3) is 6.08 Å². The highest BCUT2D eigenvalue weighted by Crippen LogP contribution is 2.65. The van der Waals surface area contributed by atoms with Crippen molar-refractivity contribution in [1.82, 2.24) is 0 Å². The van der Waals surface area contributed by atoms with Crippen LogP contribution < -0.4 is 0 Å². The summed E-state index contributed by atoms with van der Waals surface area (Å²) in [4.78, 5) is 0. The van der Waals surface area contributed by atoms with Gasteiger partial charge in [0.2, 0.25) is 0 Å². The van der Waals surface area contributed by atoms with E-state index in [-0.39, 0.29) is 22.8 Å². The highest BCUT2D eigenvalue weighted by molar-refractivity contribution is 5.55. The van der Waals surface area contributed by atoms with Crippen LogP contribution in [0.3, 0.4) is 0 Å². The van der Waals surface area contributed by atoms with Gasteiger partial charge in [0.1, 0.15) is 5.82 Å². The first-order chi connectivity index (χ1) is 13.8. The normalized spacial score (nSPS) is 45.3. The van der Waals surface area contributed by atoms with E-state index in [1.54, 1.807) is 12.1 Å². The highest BCUT2D eigenvalue weighted by atomic mass is 19.1. The first-order valence-electron chi connectivity index (χ1n) is 11.3. The second-order valence-electron chi connectivity index (χ2n) is 10.6. The summed E-state index contributed by atoms with van der Waals surface area (Å²) in [6.07, 6.45) is 10.9. The maximum absolute atomic E-state index is 13.6. The molecule has 0 saturated heterocycles. The first kappa shape index (κ1) is 19.5. The minimum Gasteiger partial charge on any atom is -0.393 e. The van der Waals surface area contributed by atoms with Crippen molar-refractivity contribution in [2.24, 2.45) is 28.6 Å². The Morgan fingerprint density at radius 1 is 1.07 bits per heavy atom. The summed E-state index contributed by atoms with van der Waals surface area (Å²) >= 11 is 0. The summed E-state index contributed by atoms with van der Waals surface area (Å²) in [5.74, 6) is 1.48. The average molecular weight is 397 g/mol. The number of rotatable bonds is 1. The molecule has 0 aliphatic heterocycles. The zero-order valence-corrected chi connectivity index (χ0v) is 17.6. The Morgan fingerprint density at radius 3 is 2.69 bits per heavy atom. The molecule has 0 heterocycles. The number of halogens is 1. The third kappa shape index (κ3) is 2.96. The lowest BCUT2D eigenvalue weighted by Gasteiger charge is -2.57. The van der Waals surface area contributed by atoms with E-state index < -0.39 is 6.10 Å². The van der Waals surface area contributed by atoms with Crippen molar-refractivity contribution >= 4 is 6.08 Å². The lowest BCUT2D eigenvalue weighted by molar-refractivity contribution is -0.0685. The molecule has 1 aromatic rings. The third-order valence-corrected chi connectivity index (χ3v) is 9.15. The average Bonchev–Trinajstić information content (AvgIpc) is 2.93. The number of benzene rings is 1. The molecule has 0 aromatic heterocycles. The smallest absolute Gasteiger partial charge is 0.123 e. The molecule has 2 nitrogen and oxygen atoms in total. The lowest BCUT2D eigenvalue weighted by atomic mass is 9.48. The van der Waals surface area contributed by atoms with Gasteiger partial charge in [-0.05, 0) is 91.4 Å². The molecule has 1 aromatic carbocycles. The van der Waals surface area contributed by atoms with Crippen molar-refractivity contribution in [3.05, 3.63) is 52.9 Å². The predicted molar refractivity (Wildman–Crippen MR) is 113 cm³/mol. The van der Waals surface area contributed by atoms with Gasteiger partial charge in [0.05, 0.1) is 12.2 Å². The molecule has 4 aliphatic rings. The maximum atomic E-state index is 13.6. The Morgan fingerprint density at radius 2 is 1.90 bits per heavy atom. The van der Waals surface area contributed by atoms with Crippen LogP contribution in [0.1, 0.15) is 64.4 Å². The zero-order valence-electron chi connectivity index (χ0n) is 17.6. The van der Waals surface area contributed by atoms with Gasteiger partial charge in [0, 0.05) is 5.41 Å². The lowest BCUT2D eigenvalue weighted by Crippen LogP contribution is -2.51. The van der Waals surface area contributed by atoms with Gasteiger partial charge in [-0.3, -0.25) is 0 Å². The molecule has 3 fully saturated rings.